The zero-order valence-corrected chi connectivity index (χ0v) is 19.1. The lowest BCUT2D eigenvalue weighted by atomic mass is 10.1. The van der Waals surface area contributed by atoms with Crippen molar-refractivity contribution in [1.29, 1.82) is 0 Å². The minimum absolute atomic E-state index is 0.0736. The summed E-state index contributed by atoms with van der Waals surface area (Å²) >= 11 is 0. The van der Waals surface area contributed by atoms with Gasteiger partial charge in [0.1, 0.15) is 11.9 Å². The number of morpholine rings is 2. The average molecular weight is 461 g/mol. The number of carbonyl (C=O) groups is 1. The Morgan fingerprint density at radius 2 is 1.78 bits per heavy atom. The molecule has 172 valence electrons. The third kappa shape index (κ3) is 4.66. The number of ether oxygens (including phenoxy) is 3. The van der Waals surface area contributed by atoms with E-state index in [1.54, 1.807) is 11.0 Å². The molecule has 0 spiro atoms. The summed E-state index contributed by atoms with van der Waals surface area (Å²) in [6.07, 6.45) is -0.417. The zero-order chi connectivity index (χ0) is 22.7. The smallest absolute Gasteiger partial charge is 0.257 e. The van der Waals surface area contributed by atoms with Gasteiger partial charge >= 0.3 is 0 Å². The maximum absolute atomic E-state index is 13.5. The van der Waals surface area contributed by atoms with Crippen LogP contribution >= 0.6 is 0 Å². The molecule has 0 aliphatic carbocycles. The molecule has 0 bridgehead atoms. The quantitative estimate of drug-likeness (QED) is 0.681. The van der Waals surface area contributed by atoms with Crippen molar-refractivity contribution in [1.82, 2.24) is 9.21 Å². The normalized spacial score (nSPS) is 22.5. The molecule has 2 fully saturated rings. The topological polar surface area (TPSA) is 85.4 Å². The fraction of sp³-hybridized carbons (Fsp3) is 0.435. The van der Waals surface area contributed by atoms with Crippen LogP contribution in [0.1, 0.15) is 28.9 Å². The summed E-state index contributed by atoms with van der Waals surface area (Å²) in [6, 6.07) is 14.2. The molecule has 0 N–H and O–H groups in total. The van der Waals surface area contributed by atoms with Gasteiger partial charge in [0.15, 0.2) is 0 Å². The SMILES string of the molecule is COc1ccc(S(=O)(=O)N2CCOCC2)cc1C(=O)N1CC(C)OC(c2ccccc2)C1. The van der Waals surface area contributed by atoms with E-state index in [4.69, 9.17) is 14.2 Å². The molecule has 0 radical (unpaired) electrons. The van der Waals surface area contributed by atoms with Crippen molar-refractivity contribution in [3.8, 4) is 5.75 Å². The molecule has 1 amide bonds. The molecule has 2 aliphatic rings. The molecule has 2 saturated heterocycles. The van der Waals surface area contributed by atoms with E-state index in [-0.39, 0.29) is 41.7 Å². The fourth-order valence-electron chi connectivity index (χ4n) is 4.09. The summed E-state index contributed by atoms with van der Waals surface area (Å²) in [5.41, 5.74) is 1.22. The first-order chi connectivity index (χ1) is 15.4. The third-order valence-corrected chi connectivity index (χ3v) is 7.62. The number of carbonyl (C=O) groups excluding carboxylic acids is 1. The van der Waals surface area contributed by atoms with Crippen LogP contribution in [-0.4, -0.2) is 76.1 Å². The molecular weight excluding hydrogens is 432 g/mol. The van der Waals surface area contributed by atoms with Crippen molar-refractivity contribution in [2.45, 2.75) is 24.0 Å². The lowest BCUT2D eigenvalue weighted by molar-refractivity contribution is -0.0692. The number of hydrogen-bond donors (Lipinski definition) is 0. The van der Waals surface area contributed by atoms with Crippen molar-refractivity contribution in [3.05, 3.63) is 59.7 Å². The third-order valence-electron chi connectivity index (χ3n) is 5.73. The summed E-state index contributed by atoms with van der Waals surface area (Å²) in [5, 5.41) is 0. The largest absolute Gasteiger partial charge is 0.496 e. The summed E-state index contributed by atoms with van der Waals surface area (Å²) in [4.78, 5) is 15.3. The summed E-state index contributed by atoms with van der Waals surface area (Å²) < 4.78 is 44.3. The number of rotatable bonds is 5. The number of methoxy groups -OCH3 is 1. The van der Waals surface area contributed by atoms with Gasteiger partial charge in [0.05, 0.1) is 43.4 Å². The Morgan fingerprint density at radius 1 is 1.06 bits per heavy atom. The lowest BCUT2D eigenvalue weighted by Gasteiger charge is -2.37. The number of benzene rings is 2. The Morgan fingerprint density at radius 3 is 2.47 bits per heavy atom. The highest BCUT2D eigenvalue weighted by atomic mass is 32.2. The average Bonchev–Trinajstić information content (AvgIpc) is 2.84. The van der Waals surface area contributed by atoms with Crippen LogP contribution in [0, 0.1) is 0 Å². The fourth-order valence-corrected chi connectivity index (χ4v) is 5.52. The Bertz CT molecular complexity index is 1050. The summed E-state index contributed by atoms with van der Waals surface area (Å²) in [7, 11) is -2.27. The van der Waals surface area contributed by atoms with Crippen LogP contribution in [0.5, 0.6) is 5.75 Å². The van der Waals surface area contributed by atoms with Crippen LogP contribution < -0.4 is 4.74 Å². The first kappa shape index (κ1) is 22.7. The number of amides is 1. The maximum atomic E-state index is 13.5. The van der Waals surface area contributed by atoms with Crippen molar-refractivity contribution in [3.63, 3.8) is 0 Å². The Hall–Kier alpha value is -2.46. The van der Waals surface area contributed by atoms with Crippen molar-refractivity contribution < 1.29 is 27.4 Å². The van der Waals surface area contributed by atoms with E-state index in [0.717, 1.165) is 5.56 Å². The van der Waals surface area contributed by atoms with Crippen molar-refractivity contribution in [2.75, 3.05) is 46.5 Å². The van der Waals surface area contributed by atoms with E-state index in [2.05, 4.69) is 0 Å². The standard InChI is InChI=1S/C23H28N2O6S/c1-17-15-24(16-22(31-17)18-6-4-3-5-7-18)23(26)20-14-19(8-9-21(20)29-2)32(27,28)25-10-12-30-13-11-25/h3-9,14,17,22H,10-13,15-16H2,1-2H3. The molecule has 2 heterocycles. The first-order valence-corrected chi connectivity index (χ1v) is 12.1. The molecule has 2 aromatic rings. The highest BCUT2D eigenvalue weighted by molar-refractivity contribution is 7.89. The molecule has 2 unspecified atom stereocenters. The molecule has 2 atom stereocenters. The van der Waals surface area contributed by atoms with Crippen LogP contribution in [0.15, 0.2) is 53.4 Å². The highest BCUT2D eigenvalue weighted by Crippen LogP contribution is 2.30. The molecule has 2 aromatic carbocycles. The summed E-state index contributed by atoms with van der Waals surface area (Å²) in [6.45, 7) is 3.99. The molecule has 4 rings (SSSR count). The Kier molecular flexibility index (Phi) is 6.80. The minimum atomic E-state index is -3.74. The molecule has 0 saturated carbocycles. The molecule has 32 heavy (non-hydrogen) atoms. The van der Waals surface area contributed by atoms with Crippen LogP contribution in [0.4, 0.5) is 0 Å². The molecular formula is C23H28N2O6S. The number of sulfonamides is 1. The van der Waals surface area contributed by atoms with E-state index in [1.165, 1.54) is 23.5 Å². The Balaban J connectivity index is 1.63. The molecule has 9 heteroatoms. The number of hydrogen-bond acceptors (Lipinski definition) is 6. The second kappa shape index (κ2) is 9.58. The van der Waals surface area contributed by atoms with Crippen molar-refractivity contribution in [2.24, 2.45) is 0 Å². The van der Waals surface area contributed by atoms with Gasteiger partial charge in [0.25, 0.3) is 5.91 Å². The van der Waals surface area contributed by atoms with E-state index < -0.39 is 10.0 Å². The van der Waals surface area contributed by atoms with Gasteiger partial charge in [-0.2, -0.15) is 4.31 Å². The van der Waals surface area contributed by atoms with E-state index in [9.17, 15) is 13.2 Å². The molecule has 8 nitrogen and oxygen atoms in total. The molecule has 2 aliphatic heterocycles. The predicted octanol–water partition coefficient (Wildman–Crippen LogP) is 2.32. The van der Waals surface area contributed by atoms with Crippen molar-refractivity contribution >= 4 is 15.9 Å². The van der Waals surface area contributed by atoms with Gasteiger partial charge in [-0.25, -0.2) is 8.42 Å². The van der Waals surface area contributed by atoms with Gasteiger partial charge in [0, 0.05) is 19.6 Å². The minimum Gasteiger partial charge on any atom is -0.496 e. The van der Waals surface area contributed by atoms with Gasteiger partial charge in [0.2, 0.25) is 10.0 Å². The van der Waals surface area contributed by atoms with Gasteiger partial charge in [-0.3, -0.25) is 4.79 Å². The van der Waals surface area contributed by atoms with Crippen LogP contribution in [0.3, 0.4) is 0 Å². The lowest BCUT2D eigenvalue weighted by Crippen LogP contribution is -2.46. The second-order valence-electron chi connectivity index (χ2n) is 7.93. The van der Waals surface area contributed by atoms with Crippen LogP contribution in [0.25, 0.3) is 0 Å². The number of nitrogens with zero attached hydrogens (tertiary/aromatic N) is 2. The highest BCUT2D eigenvalue weighted by Gasteiger charge is 2.33. The van der Waals surface area contributed by atoms with Gasteiger partial charge < -0.3 is 19.1 Å². The predicted molar refractivity (Wildman–Crippen MR) is 118 cm³/mol. The first-order valence-electron chi connectivity index (χ1n) is 10.7. The van der Waals surface area contributed by atoms with E-state index >= 15 is 0 Å². The van der Waals surface area contributed by atoms with E-state index in [0.29, 0.717) is 32.1 Å². The maximum Gasteiger partial charge on any atom is 0.257 e. The summed E-state index contributed by atoms with van der Waals surface area (Å²) in [5.74, 6) is 0.0586. The van der Waals surface area contributed by atoms with Gasteiger partial charge in [-0.1, -0.05) is 30.3 Å². The van der Waals surface area contributed by atoms with Crippen LogP contribution in [-0.2, 0) is 19.5 Å². The second-order valence-corrected chi connectivity index (χ2v) is 9.87. The molecule has 0 aromatic heterocycles. The zero-order valence-electron chi connectivity index (χ0n) is 18.3. The Labute approximate surface area is 188 Å². The van der Waals surface area contributed by atoms with Gasteiger partial charge in [-0.15, -0.1) is 0 Å². The monoisotopic (exact) mass is 460 g/mol. The van der Waals surface area contributed by atoms with Gasteiger partial charge in [-0.05, 0) is 30.7 Å². The van der Waals surface area contributed by atoms with E-state index in [1.807, 2.05) is 37.3 Å². The van der Waals surface area contributed by atoms with Crippen LogP contribution in [0.2, 0.25) is 0 Å².